The van der Waals surface area contributed by atoms with Crippen molar-refractivity contribution in [3.05, 3.63) is 34.4 Å². The topological polar surface area (TPSA) is 54.4 Å². The average Bonchev–Trinajstić information content (AvgIpc) is 2.19. The third-order valence-corrected chi connectivity index (χ3v) is 2.51. The van der Waals surface area contributed by atoms with Gasteiger partial charge in [0, 0.05) is 6.42 Å². The number of aldehydes is 1. The molecular formula is C12H14O3. The number of carboxylic acids is 1. The highest BCUT2D eigenvalue weighted by atomic mass is 16.4. The van der Waals surface area contributed by atoms with Crippen LogP contribution >= 0.6 is 0 Å². The number of aromatic carboxylic acids is 1. The quantitative estimate of drug-likeness (QED) is 0.768. The van der Waals surface area contributed by atoms with Gasteiger partial charge in [0.1, 0.15) is 6.29 Å². The number of rotatable bonds is 4. The lowest BCUT2D eigenvalue weighted by atomic mass is 9.97. The van der Waals surface area contributed by atoms with Crippen molar-refractivity contribution in [1.82, 2.24) is 0 Å². The van der Waals surface area contributed by atoms with E-state index in [1.165, 1.54) is 0 Å². The zero-order valence-corrected chi connectivity index (χ0v) is 8.91. The molecule has 0 spiro atoms. The van der Waals surface area contributed by atoms with Gasteiger partial charge in [-0.1, -0.05) is 6.07 Å². The van der Waals surface area contributed by atoms with Crippen LogP contribution in [-0.2, 0) is 11.2 Å². The predicted octanol–water partition coefficient (Wildman–Crippen LogP) is 2.13. The lowest BCUT2D eigenvalue weighted by Crippen LogP contribution is -2.03. The molecule has 0 saturated carbocycles. The van der Waals surface area contributed by atoms with Gasteiger partial charge >= 0.3 is 5.97 Å². The van der Waals surface area contributed by atoms with Crippen molar-refractivity contribution in [2.45, 2.75) is 26.7 Å². The molecule has 3 nitrogen and oxygen atoms in total. The number of benzene rings is 1. The molecule has 0 unspecified atom stereocenters. The van der Waals surface area contributed by atoms with Gasteiger partial charge in [-0.15, -0.1) is 0 Å². The van der Waals surface area contributed by atoms with Gasteiger partial charge in [-0.3, -0.25) is 0 Å². The van der Waals surface area contributed by atoms with Crippen LogP contribution in [0.25, 0.3) is 0 Å². The van der Waals surface area contributed by atoms with Crippen LogP contribution < -0.4 is 0 Å². The van der Waals surface area contributed by atoms with Crippen molar-refractivity contribution in [2.24, 2.45) is 0 Å². The van der Waals surface area contributed by atoms with E-state index in [1.807, 2.05) is 13.0 Å². The standard InChI is InChI=1S/C12H14O3/c1-8-6-10(4-3-5-13)7-11(9(8)2)12(14)15/h5-7H,3-4H2,1-2H3,(H,14,15). The summed E-state index contributed by atoms with van der Waals surface area (Å²) in [7, 11) is 0. The summed E-state index contributed by atoms with van der Waals surface area (Å²) in [6.45, 7) is 3.68. The van der Waals surface area contributed by atoms with E-state index in [0.717, 1.165) is 23.0 Å². The highest BCUT2D eigenvalue weighted by Gasteiger charge is 2.10. The minimum Gasteiger partial charge on any atom is -0.478 e. The normalized spacial score (nSPS) is 10.0. The lowest BCUT2D eigenvalue weighted by Gasteiger charge is -2.08. The van der Waals surface area contributed by atoms with Gasteiger partial charge in [-0.25, -0.2) is 4.79 Å². The van der Waals surface area contributed by atoms with E-state index >= 15 is 0 Å². The predicted molar refractivity (Wildman–Crippen MR) is 57.3 cm³/mol. The van der Waals surface area contributed by atoms with Crippen molar-refractivity contribution in [3.8, 4) is 0 Å². The van der Waals surface area contributed by atoms with Crippen LogP contribution in [0.1, 0.15) is 33.5 Å². The maximum absolute atomic E-state index is 10.9. The summed E-state index contributed by atoms with van der Waals surface area (Å²) in [4.78, 5) is 21.2. The van der Waals surface area contributed by atoms with Crippen molar-refractivity contribution in [2.75, 3.05) is 0 Å². The minimum atomic E-state index is -0.913. The fraction of sp³-hybridized carbons (Fsp3) is 0.333. The molecule has 0 bridgehead atoms. The minimum absolute atomic E-state index is 0.330. The zero-order chi connectivity index (χ0) is 11.4. The van der Waals surface area contributed by atoms with Crippen LogP contribution in [0.3, 0.4) is 0 Å². The number of aryl methyl sites for hydroxylation is 2. The van der Waals surface area contributed by atoms with Gasteiger partial charge < -0.3 is 9.90 Å². The van der Waals surface area contributed by atoms with Gasteiger partial charge in [-0.05, 0) is 43.0 Å². The van der Waals surface area contributed by atoms with E-state index in [9.17, 15) is 9.59 Å². The summed E-state index contributed by atoms with van der Waals surface area (Å²) in [5.41, 5.74) is 2.98. The molecule has 1 N–H and O–H groups in total. The summed E-state index contributed by atoms with van der Waals surface area (Å²) >= 11 is 0. The average molecular weight is 206 g/mol. The SMILES string of the molecule is Cc1cc(CCC=O)cc(C(=O)O)c1C. The van der Waals surface area contributed by atoms with Gasteiger partial charge in [0.2, 0.25) is 0 Å². The Bertz CT molecular complexity index is 394. The summed E-state index contributed by atoms with van der Waals surface area (Å²) in [5, 5.41) is 8.97. The Morgan fingerprint density at radius 2 is 2.07 bits per heavy atom. The highest BCUT2D eigenvalue weighted by molar-refractivity contribution is 5.90. The fourth-order valence-corrected chi connectivity index (χ4v) is 1.53. The van der Waals surface area contributed by atoms with Crippen LogP contribution in [0.4, 0.5) is 0 Å². The van der Waals surface area contributed by atoms with E-state index in [4.69, 9.17) is 5.11 Å². The number of carbonyl (C=O) groups excluding carboxylic acids is 1. The second-order valence-corrected chi connectivity index (χ2v) is 3.60. The zero-order valence-electron chi connectivity index (χ0n) is 8.91. The summed E-state index contributed by atoms with van der Waals surface area (Å²) in [5.74, 6) is -0.913. The molecule has 0 aromatic heterocycles. The van der Waals surface area contributed by atoms with E-state index < -0.39 is 5.97 Å². The Balaban J connectivity index is 3.11. The molecule has 80 valence electrons. The second kappa shape index (κ2) is 4.73. The van der Waals surface area contributed by atoms with Crippen LogP contribution in [0.5, 0.6) is 0 Å². The first kappa shape index (κ1) is 11.4. The van der Waals surface area contributed by atoms with Crippen molar-refractivity contribution in [1.29, 1.82) is 0 Å². The maximum Gasteiger partial charge on any atom is 0.335 e. The van der Waals surface area contributed by atoms with E-state index in [1.54, 1.807) is 13.0 Å². The second-order valence-electron chi connectivity index (χ2n) is 3.60. The number of hydrogen-bond donors (Lipinski definition) is 1. The highest BCUT2D eigenvalue weighted by Crippen LogP contribution is 2.17. The molecule has 1 rings (SSSR count). The molecule has 0 amide bonds. The number of carbonyl (C=O) groups is 2. The first-order chi connectivity index (χ1) is 7.06. The molecule has 0 fully saturated rings. The molecule has 0 aliphatic rings. The van der Waals surface area contributed by atoms with Crippen LogP contribution in [0.15, 0.2) is 12.1 Å². The fourth-order valence-electron chi connectivity index (χ4n) is 1.53. The molecule has 0 saturated heterocycles. The molecular weight excluding hydrogens is 192 g/mol. The Hall–Kier alpha value is -1.64. The largest absolute Gasteiger partial charge is 0.478 e. The molecule has 0 radical (unpaired) electrons. The summed E-state index contributed by atoms with van der Waals surface area (Å²) < 4.78 is 0. The van der Waals surface area contributed by atoms with Gasteiger partial charge in [-0.2, -0.15) is 0 Å². The number of carboxylic acid groups (broad SMARTS) is 1. The Kier molecular flexibility index (Phi) is 3.61. The molecule has 0 aliphatic carbocycles. The summed E-state index contributed by atoms with van der Waals surface area (Å²) in [6, 6.07) is 3.58. The van der Waals surface area contributed by atoms with Crippen molar-refractivity contribution < 1.29 is 14.7 Å². The van der Waals surface area contributed by atoms with E-state index in [0.29, 0.717) is 18.4 Å². The third-order valence-electron chi connectivity index (χ3n) is 2.51. The van der Waals surface area contributed by atoms with Crippen LogP contribution in [0.2, 0.25) is 0 Å². The van der Waals surface area contributed by atoms with Crippen molar-refractivity contribution >= 4 is 12.3 Å². The Morgan fingerprint density at radius 3 is 2.60 bits per heavy atom. The number of hydrogen-bond acceptors (Lipinski definition) is 2. The van der Waals surface area contributed by atoms with E-state index in [-0.39, 0.29) is 0 Å². The molecule has 3 heteroatoms. The Morgan fingerprint density at radius 1 is 1.40 bits per heavy atom. The molecule has 1 aromatic carbocycles. The van der Waals surface area contributed by atoms with Gasteiger partial charge in [0.25, 0.3) is 0 Å². The first-order valence-electron chi connectivity index (χ1n) is 4.83. The first-order valence-corrected chi connectivity index (χ1v) is 4.83. The third kappa shape index (κ3) is 2.65. The monoisotopic (exact) mass is 206 g/mol. The molecule has 15 heavy (non-hydrogen) atoms. The van der Waals surface area contributed by atoms with Crippen molar-refractivity contribution in [3.63, 3.8) is 0 Å². The van der Waals surface area contributed by atoms with Crippen LogP contribution in [0, 0.1) is 13.8 Å². The van der Waals surface area contributed by atoms with Gasteiger partial charge in [0.05, 0.1) is 5.56 Å². The smallest absolute Gasteiger partial charge is 0.335 e. The molecule has 1 aromatic rings. The summed E-state index contributed by atoms with van der Waals surface area (Å²) in [6.07, 6.45) is 1.88. The molecule has 0 atom stereocenters. The Labute approximate surface area is 88.7 Å². The van der Waals surface area contributed by atoms with Gasteiger partial charge in [0.15, 0.2) is 0 Å². The van der Waals surface area contributed by atoms with E-state index in [2.05, 4.69) is 0 Å². The lowest BCUT2D eigenvalue weighted by molar-refractivity contribution is -0.107. The maximum atomic E-state index is 10.9. The molecule has 0 aliphatic heterocycles. The molecule has 0 heterocycles. The van der Waals surface area contributed by atoms with Crippen LogP contribution in [-0.4, -0.2) is 17.4 Å².